The molecule has 1 aliphatic carbocycles. The number of nitrogens with one attached hydrogen (secondary N) is 2. The zero-order chi connectivity index (χ0) is 19.7. The highest BCUT2D eigenvalue weighted by molar-refractivity contribution is 6.03. The van der Waals surface area contributed by atoms with Crippen LogP contribution in [0.25, 0.3) is 11.4 Å². The lowest BCUT2D eigenvalue weighted by atomic mass is 10.1. The smallest absolute Gasteiger partial charge is 0.316 e. The lowest BCUT2D eigenvalue weighted by molar-refractivity contribution is 0.0948. The van der Waals surface area contributed by atoms with Crippen LogP contribution >= 0.6 is 0 Å². The molecule has 1 aliphatic rings. The molecule has 0 radical (unpaired) electrons. The Kier molecular flexibility index (Phi) is 4.65. The van der Waals surface area contributed by atoms with E-state index in [1.807, 2.05) is 38.1 Å². The summed E-state index contributed by atoms with van der Waals surface area (Å²) in [5, 5.41) is 9.57. The van der Waals surface area contributed by atoms with Gasteiger partial charge in [-0.2, -0.15) is 4.98 Å². The first-order valence-corrected chi connectivity index (χ1v) is 9.13. The van der Waals surface area contributed by atoms with Gasteiger partial charge in [-0.3, -0.25) is 9.59 Å². The van der Waals surface area contributed by atoms with Gasteiger partial charge in [0, 0.05) is 22.9 Å². The Labute approximate surface area is 162 Å². The Morgan fingerprint density at radius 2 is 1.89 bits per heavy atom. The third-order valence-corrected chi connectivity index (χ3v) is 4.56. The van der Waals surface area contributed by atoms with E-state index < -0.39 is 5.91 Å². The van der Waals surface area contributed by atoms with Gasteiger partial charge in [-0.25, -0.2) is 0 Å². The topological polar surface area (TPSA) is 97.1 Å². The molecule has 0 aliphatic heterocycles. The SMILES string of the molecule is Cc1cccc(-c2noc(C(=O)Nc3cc(C(=O)NC4CC4)ccc3C)n2)c1. The van der Waals surface area contributed by atoms with Crippen molar-refractivity contribution in [3.8, 4) is 11.4 Å². The lowest BCUT2D eigenvalue weighted by Gasteiger charge is -2.09. The van der Waals surface area contributed by atoms with Gasteiger partial charge in [0.05, 0.1) is 0 Å². The van der Waals surface area contributed by atoms with Crippen molar-refractivity contribution in [3.05, 3.63) is 65.0 Å². The number of hydrogen-bond donors (Lipinski definition) is 2. The molecular formula is C21H20N4O3. The molecular weight excluding hydrogens is 356 g/mol. The minimum atomic E-state index is -0.519. The summed E-state index contributed by atoms with van der Waals surface area (Å²) in [6.45, 7) is 3.82. The number of nitrogens with zero attached hydrogens (tertiary/aromatic N) is 2. The highest BCUT2D eigenvalue weighted by Gasteiger charge is 2.24. The summed E-state index contributed by atoms with van der Waals surface area (Å²) in [5.74, 6) is -0.446. The van der Waals surface area contributed by atoms with Gasteiger partial charge in [0.1, 0.15) is 0 Å². The molecule has 2 amide bonds. The predicted octanol–water partition coefficient (Wildman–Crippen LogP) is 3.50. The van der Waals surface area contributed by atoms with Crippen LogP contribution in [0, 0.1) is 13.8 Å². The van der Waals surface area contributed by atoms with Crippen LogP contribution in [0.5, 0.6) is 0 Å². The fourth-order valence-electron chi connectivity index (χ4n) is 2.79. The Morgan fingerprint density at radius 1 is 1.07 bits per heavy atom. The normalized spacial score (nSPS) is 13.2. The fraction of sp³-hybridized carbons (Fsp3) is 0.238. The van der Waals surface area contributed by atoms with Crippen molar-refractivity contribution in [3.63, 3.8) is 0 Å². The van der Waals surface area contributed by atoms with Crippen molar-refractivity contribution >= 4 is 17.5 Å². The van der Waals surface area contributed by atoms with Crippen molar-refractivity contribution in [2.75, 3.05) is 5.32 Å². The molecule has 7 heteroatoms. The summed E-state index contributed by atoms with van der Waals surface area (Å²) < 4.78 is 5.12. The number of carbonyl (C=O) groups excluding carboxylic acids is 2. The van der Waals surface area contributed by atoms with E-state index >= 15 is 0 Å². The van der Waals surface area contributed by atoms with Gasteiger partial charge in [-0.05, 0) is 50.5 Å². The lowest BCUT2D eigenvalue weighted by Crippen LogP contribution is -2.25. The summed E-state index contributed by atoms with van der Waals surface area (Å²) in [5.41, 5.74) is 3.69. The van der Waals surface area contributed by atoms with Crippen LogP contribution in [0.3, 0.4) is 0 Å². The minimum Gasteiger partial charge on any atom is -0.349 e. The van der Waals surface area contributed by atoms with E-state index in [9.17, 15) is 9.59 Å². The second-order valence-electron chi connectivity index (χ2n) is 7.02. The molecule has 28 heavy (non-hydrogen) atoms. The van der Waals surface area contributed by atoms with Crippen LogP contribution in [-0.4, -0.2) is 28.0 Å². The Morgan fingerprint density at radius 3 is 2.64 bits per heavy atom. The minimum absolute atomic E-state index is 0.135. The van der Waals surface area contributed by atoms with E-state index in [0.29, 0.717) is 17.1 Å². The average molecular weight is 376 g/mol. The number of aromatic nitrogens is 2. The van der Waals surface area contributed by atoms with Gasteiger partial charge in [0.2, 0.25) is 5.82 Å². The molecule has 7 nitrogen and oxygen atoms in total. The van der Waals surface area contributed by atoms with Crippen LogP contribution < -0.4 is 10.6 Å². The van der Waals surface area contributed by atoms with E-state index in [1.54, 1.807) is 18.2 Å². The largest absolute Gasteiger partial charge is 0.349 e. The van der Waals surface area contributed by atoms with E-state index in [2.05, 4.69) is 20.8 Å². The van der Waals surface area contributed by atoms with E-state index in [4.69, 9.17) is 4.52 Å². The van der Waals surface area contributed by atoms with E-state index in [-0.39, 0.29) is 17.8 Å². The van der Waals surface area contributed by atoms with Crippen molar-refractivity contribution < 1.29 is 14.1 Å². The summed E-state index contributed by atoms with van der Waals surface area (Å²) in [7, 11) is 0. The Bertz CT molecular complexity index is 1050. The third-order valence-electron chi connectivity index (χ3n) is 4.56. The van der Waals surface area contributed by atoms with Crippen molar-refractivity contribution in [1.29, 1.82) is 0 Å². The molecule has 0 saturated heterocycles. The molecule has 0 bridgehead atoms. The standard InChI is InChI=1S/C21H20N4O3/c1-12-4-3-5-14(10-12)18-24-21(28-25-18)20(27)23-17-11-15(7-6-13(17)2)19(26)22-16-8-9-16/h3-7,10-11,16H,8-9H2,1-2H3,(H,22,26)(H,23,27). The van der Waals surface area contributed by atoms with Crippen LogP contribution in [0.4, 0.5) is 5.69 Å². The van der Waals surface area contributed by atoms with Gasteiger partial charge in [0.15, 0.2) is 0 Å². The summed E-state index contributed by atoms with van der Waals surface area (Å²) in [6.07, 6.45) is 2.03. The molecule has 142 valence electrons. The molecule has 1 fully saturated rings. The van der Waals surface area contributed by atoms with Gasteiger partial charge >= 0.3 is 11.8 Å². The first-order chi connectivity index (χ1) is 13.5. The molecule has 2 aromatic carbocycles. The molecule has 2 N–H and O–H groups in total. The van der Waals surface area contributed by atoms with Gasteiger partial charge in [-0.1, -0.05) is 35.0 Å². The molecule has 4 rings (SSSR count). The number of benzene rings is 2. The molecule has 0 unspecified atom stereocenters. The van der Waals surface area contributed by atoms with Crippen molar-refractivity contribution in [1.82, 2.24) is 15.5 Å². The van der Waals surface area contributed by atoms with Crippen molar-refractivity contribution in [2.24, 2.45) is 0 Å². The number of hydrogen-bond acceptors (Lipinski definition) is 5. The number of carbonyl (C=O) groups is 2. The van der Waals surface area contributed by atoms with Crippen LogP contribution in [0.2, 0.25) is 0 Å². The first kappa shape index (κ1) is 17.9. The fourth-order valence-corrected chi connectivity index (χ4v) is 2.79. The van der Waals surface area contributed by atoms with Gasteiger partial charge in [0.25, 0.3) is 5.91 Å². The number of rotatable bonds is 5. The average Bonchev–Trinajstić information content (AvgIpc) is 3.34. The van der Waals surface area contributed by atoms with Crippen LogP contribution in [0.1, 0.15) is 45.0 Å². The molecule has 0 atom stereocenters. The maximum atomic E-state index is 12.5. The van der Waals surface area contributed by atoms with E-state index in [1.165, 1.54) is 0 Å². The maximum absolute atomic E-state index is 12.5. The quantitative estimate of drug-likeness (QED) is 0.710. The summed E-state index contributed by atoms with van der Waals surface area (Å²) in [6, 6.07) is 13.1. The molecule has 1 saturated carbocycles. The highest BCUT2D eigenvalue weighted by Crippen LogP contribution is 2.22. The molecule has 1 heterocycles. The Balaban J connectivity index is 1.51. The van der Waals surface area contributed by atoms with E-state index in [0.717, 1.165) is 29.5 Å². The number of amides is 2. The van der Waals surface area contributed by atoms with Gasteiger partial charge in [-0.15, -0.1) is 0 Å². The Hall–Kier alpha value is -3.48. The zero-order valence-electron chi connectivity index (χ0n) is 15.7. The zero-order valence-corrected chi connectivity index (χ0v) is 15.7. The predicted molar refractivity (Wildman–Crippen MR) is 104 cm³/mol. The first-order valence-electron chi connectivity index (χ1n) is 9.13. The molecule has 3 aromatic rings. The third kappa shape index (κ3) is 3.93. The molecule has 1 aromatic heterocycles. The summed E-state index contributed by atoms with van der Waals surface area (Å²) in [4.78, 5) is 29.0. The highest BCUT2D eigenvalue weighted by atomic mass is 16.5. The van der Waals surface area contributed by atoms with Gasteiger partial charge < -0.3 is 15.2 Å². The molecule has 0 spiro atoms. The second kappa shape index (κ2) is 7.26. The monoisotopic (exact) mass is 376 g/mol. The summed E-state index contributed by atoms with van der Waals surface area (Å²) >= 11 is 0. The second-order valence-corrected chi connectivity index (χ2v) is 7.02. The van der Waals surface area contributed by atoms with Crippen molar-refractivity contribution in [2.45, 2.75) is 32.7 Å². The maximum Gasteiger partial charge on any atom is 0.316 e. The van der Waals surface area contributed by atoms with Crippen LogP contribution in [0.15, 0.2) is 47.0 Å². The number of aryl methyl sites for hydroxylation is 2. The number of anilines is 1. The van der Waals surface area contributed by atoms with Crippen LogP contribution in [-0.2, 0) is 0 Å².